The van der Waals surface area contributed by atoms with Crippen molar-refractivity contribution >= 4 is 15.9 Å². The molecule has 0 atom stereocenters. The molecule has 1 aliphatic heterocycles. The van der Waals surface area contributed by atoms with Crippen LogP contribution in [0, 0.1) is 0 Å². The van der Waals surface area contributed by atoms with Gasteiger partial charge in [-0.2, -0.15) is 0 Å². The second-order valence-electron chi connectivity index (χ2n) is 3.47. The van der Waals surface area contributed by atoms with Crippen molar-refractivity contribution in [1.29, 1.82) is 0 Å². The average Bonchev–Trinajstić information content (AvgIpc) is 2.20. The molecular formula is C11H13BrN. The quantitative estimate of drug-likeness (QED) is 0.715. The molecule has 1 nitrogen and oxygen atoms in total. The molecule has 0 aromatic heterocycles. The van der Waals surface area contributed by atoms with Crippen LogP contribution in [0.15, 0.2) is 28.7 Å². The second kappa shape index (κ2) is 4.25. The van der Waals surface area contributed by atoms with Crippen molar-refractivity contribution in [1.82, 2.24) is 5.32 Å². The SMILES string of the molecule is Brc1ccccc1C1CC[N]CC1. The Hall–Kier alpha value is -0.340. The third-order valence-corrected chi connectivity index (χ3v) is 3.34. The zero-order chi connectivity index (χ0) is 9.10. The smallest absolute Gasteiger partial charge is 0.0210 e. The Morgan fingerprint density at radius 1 is 1.15 bits per heavy atom. The summed E-state index contributed by atoms with van der Waals surface area (Å²) in [5, 5.41) is 4.37. The molecule has 0 unspecified atom stereocenters. The Balaban J connectivity index is 2.18. The number of nitrogens with zero attached hydrogens (tertiary/aromatic N) is 1. The van der Waals surface area contributed by atoms with Gasteiger partial charge >= 0.3 is 0 Å². The van der Waals surface area contributed by atoms with Crippen molar-refractivity contribution in [3.63, 3.8) is 0 Å². The zero-order valence-corrected chi connectivity index (χ0v) is 9.13. The minimum absolute atomic E-state index is 0.716. The molecule has 1 radical (unpaired) electrons. The average molecular weight is 239 g/mol. The van der Waals surface area contributed by atoms with Gasteiger partial charge in [0.05, 0.1) is 0 Å². The molecule has 0 aliphatic carbocycles. The van der Waals surface area contributed by atoms with Crippen molar-refractivity contribution in [3.8, 4) is 0 Å². The van der Waals surface area contributed by atoms with Crippen molar-refractivity contribution in [2.24, 2.45) is 0 Å². The van der Waals surface area contributed by atoms with Gasteiger partial charge in [0, 0.05) is 17.6 Å². The summed E-state index contributed by atoms with van der Waals surface area (Å²) < 4.78 is 1.25. The van der Waals surface area contributed by atoms with E-state index in [1.54, 1.807) is 0 Å². The third-order valence-electron chi connectivity index (χ3n) is 2.62. The summed E-state index contributed by atoms with van der Waals surface area (Å²) >= 11 is 3.60. The first-order valence-corrected chi connectivity index (χ1v) is 5.55. The maximum absolute atomic E-state index is 4.37. The molecule has 69 valence electrons. The largest absolute Gasteiger partial charge is 0.242 e. The maximum Gasteiger partial charge on any atom is 0.0210 e. The van der Waals surface area contributed by atoms with E-state index in [4.69, 9.17) is 0 Å². The van der Waals surface area contributed by atoms with Crippen LogP contribution in [0.4, 0.5) is 0 Å². The molecule has 13 heavy (non-hydrogen) atoms. The number of piperidine rings is 1. The summed E-state index contributed by atoms with van der Waals surface area (Å²) in [5.41, 5.74) is 1.46. The van der Waals surface area contributed by atoms with E-state index in [9.17, 15) is 0 Å². The molecule has 2 heteroatoms. The van der Waals surface area contributed by atoms with Gasteiger partial charge in [0.1, 0.15) is 0 Å². The van der Waals surface area contributed by atoms with Gasteiger partial charge in [0.25, 0.3) is 0 Å². The fourth-order valence-corrected chi connectivity index (χ4v) is 2.48. The topological polar surface area (TPSA) is 14.1 Å². The lowest BCUT2D eigenvalue weighted by molar-refractivity contribution is 0.452. The first-order chi connectivity index (χ1) is 6.38. The van der Waals surface area contributed by atoms with Gasteiger partial charge < -0.3 is 0 Å². The monoisotopic (exact) mass is 238 g/mol. The Labute approximate surface area is 87.7 Å². The molecule has 1 saturated heterocycles. The van der Waals surface area contributed by atoms with Gasteiger partial charge in [-0.1, -0.05) is 34.1 Å². The van der Waals surface area contributed by atoms with E-state index < -0.39 is 0 Å². The van der Waals surface area contributed by atoms with Crippen LogP contribution in [0.25, 0.3) is 0 Å². The van der Waals surface area contributed by atoms with E-state index in [-0.39, 0.29) is 0 Å². The molecule has 1 heterocycles. The fraction of sp³-hybridized carbons (Fsp3) is 0.455. The van der Waals surface area contributed by atoms with Crippen LogP contribution >= 0.6 is 15.9 Å². The summed E-state index contributed by atoms with van der Waals surface area (Å²) in [4.78, 5) is 0. The van der Waals surface area contributed by atoms with Crippen LogP contribution in [0.3, 0.4) is 0 Å². The van der Waals surface area contributed by atoms with Gasteiger partial charge in [0.15, 0.2) is 0 Å². The van der Waals surface area contributed by atoms with Gasteiger partial charge in [0.2, 0.25) is 0 Å². The number of halogens is 1. The standard InChI is InChI=1S/C11H13BrN/c12-11-4-2-1-3-10(11)9-5-7-13-8-6-9/h1-4,9H,5-8H2. The van der Waals surface area contributed by atoms with Gasteiger partial charge in [-0.3, -0.25) is 0 Å². The summed E-state index contributed by atoms with van der Waals surface area (Å²) in [5.74, 6) is 0.716. The molecule has 1 aliphatic rings. The highest BCUT2D eigenvalue weighted by Gasteiger charge is 2.17. The van der Waals surface area contributed by atoms with Crippen molar-refractivity contribution in [2.75, 3.05) is 13.1 Å². The first kappa shape index (κ1) is 9.22. The Morgan fingerprint density at radius 2 is 1.85 bits per heavy atom. The van der Waals surface area contributed by atoms with Crippen LogP contribution in [-0.2, 0) is 0 Å². The normalized spacial score (nSPS) is 18.8. The molecular weight excluding hydrogens is 226 g/mol. The van der Waals surface area contributed by atoms with E-state index in [0.29, 0.717) is 5.92 Å². The molecule has 0 saturated carbocycles. The number of rotatable bonds is 1. The number of hydrogen-bond donors (Lipinski definition) is 0. The minimum atomic E-state index is 0.716. The van der Waals surface area contributed by atoms with Gasteiger partial charge in [-0.15, -0.1) is 0 Å². The summed E-state index contributed by atoms with van der Waals surface area (Å²) in [6.45, 7) is 2.07. The van der Waals surface area contributed by atoms with Crippen molar-refractivity contribution < 1.29 is 0 Å². The minimum Gasteiger partial charge on any atom is -0.242 e. The molecule has 0 bridgehead atoms. The van der Waals surface area contributed by atoms with Crippen molar-refractivity contribution in [3.05, 3.63) is 34.3 Å². The highest BCUT2D eigenvalue weighted by atomic mass is 79.9. The fourth-order valence-electron chi connectivity index (χ4n) is 1.87. The summed E-state index contributed by atoms with van der Waals surface area (Å²) in [6, 6.07) is 8.54. The van der Waals surface area contributed by atoms with E-state index >= 15 is 0 Å². The van der Waals surface area contributed by atoms with Crippen LogP contribution in [0.1, 0.15) is 24.3 Å². The molecule has 0 amide bonds. The first-order valence-electron chi connectivity index (χ1n) is 4.75. The highest BCUT2D eigenvalue weighted by Crippen LogP contribution is 2.30. The lowest BCUT2D eigenvalue weighted by atomic mass is 9.90. The predicted molar refractivity (Wildman–Crippen MR) is 58.0 cm³/mol. The van der Waals surface area contributed by atoms with Gasteiger partial charge in [-0.25, -0.2) is 5.32 Å². The second-order valence-corrected chi connectivity index (χ2v) is 4.32. The Bertz CT molecular complexity index is 279. The van der Waals surface area contributed by atoms with Crippen molar-refractivity contribution in [2.45, 2.75) is 18.8 Å². The maximum atomic E-state index is 4.37. The number of hydrogen-bond acceptors (Lipinski definition) is 0. The van der Waals surface area contributed by atoms with Crippen LogP contribution in [-0.4, -0.2) is 13.1 Å². The van der Waals surface area contributed by atoms with Gasteiger partial charge in [-0.05, 0) is 30.4 Å². The van der Waals surface area contributed by atoms with E-state index in [0.717, 1.165) is 13.1 Å². The summed E-state index contributed by atoms with van der Waals surface area (Å²) in [6.07, 6.45) is 2.42. The number of benzene rings is 1. The molecule has 0 N–H and O–H groups in total. The predicted octanol–water partition coefficient (Wildman–Crippen LogP) is 2.93. The molecule has 1 aromatic carbocycles. The van der Waals surface area contributed by atoms with Crippen LogP contribution < -0.4 is 5.32 Å². The molecule has 1 fully saturated rings. The Morgan fingerprint density at radius 3 is 2.54 bits per heavy atom. The lowest BCUT2D eigenvalue weighted by Crippen LogP contribution is -2.21. The molecule has 0 spiro atoms. The highest BCUT2D eigenvalue weighted by molar-refractivity contribution is 9.10. The summed E-state index contributed by atoms with van der Waals surface area (Å²) in [7, 11) is 0. The lowest BCUT2D eigenvalue weighted by Gasteiger charge is -2.22. The van der Waals surface area contributed by atoms with Crippen LogP contribution in [0.2, 0.25) is 0 Å². The van der Waals surface area contributed by atoms with Crippen LogP contribution in [0.5, 0.6) is 0 Å². The Kier molecular flexibility index (Phi) is 3.01. The third kappa shape index (κ3) is 2.12. The van der Waals surface area contributed by atoms with E-state index in [1.807, 2.05) is 0 Å². The zero-order valence-electron chi connectivity index (χ0n) is 7.54. The van der Waals surface area contributed by atoms with E-state index in [1.165, 1.54) is 22.9 Å². The molecule has 1 aromatic rings. The van der Waals surface area contributed by atoms with E-state index in [2.05, 4.69) is 45.5 Å². The molecule has 2 rings (SSSR count).